The van der Waals surface area contributed by atoms with Gasteiger partial charge in [0.05, 0.1) is 0 Å². The van der Waals surface area contributed by atoms with Gasteiger partial charge in [0.25, 0.3) is 0 Å². The molecule has 0 aliphatic rings. The summed E-state index contributed by atoms with van der Waals surface area (Å²) in [6.45, 7) is 5.65. The summed E-state index contributed by atoms with van der Waals surface area (Å²) in [4.78, 5) is 2.98. The van der Waals surface area contributed by atoms with Gasteiger partial charge in [0, 0.05) is 17.2 Å². The molecule has 0 aliphatic heterocycles. The molecule has 0 bridgehead atoms. The molecule has 3 N–H and O–H groups in total. The van der Waals surface area contributed by atoms with Crippen molar-refractivity contribution >= 4 is 12.7 Å². The lowest BCUT2D eigenvalue weighted by Gasteiger charge is -1.81. The molecular weight excluding hydrogens is 136 g/mol. The molecule has 0 unspecified atom stereocenters. The quantitative estimate of drug-likeness (QED) is 0.581. The number of rotatable bonds is 1. The van der Waals surface area contributed by atoms with Gasteiger partial charge in [0.15, 0.2) is 0 Å². The Hall–Kier alpha value is -1.44. The summed E-state index contributed by atoms with van der Waals surface area (Å²) in [5.74, 6) is 0. The fraction of sp³-hybridized carbons (Fsp3) is 0.111. The number of hydrogen-bond acceptors (Lipinski definition) is 1. The lowest BCUT2D eigenvalue weighted by molar-refractivity contribution is 1.31. The Morgan fingerprint density at radius 3 is 2.91 bits per heavy atom. The van der Waals surface area contributed by atoms with Crippen LogP contribution in [-0.2, 0) is 0 Å². The fourth-order valence-electron chi connectivity index (χ4n) is 0.793. The van der Waals surface area contributed by atoms with Crippen LogP contribution in [0.3, 0.4) is 0 Å². The van der Waals surface area contributed by atoms with Crippen LogP contribution in [0.2, 0.25) is 0 Å². The summed E-state index contributed by atoms with van der Waals surface area (Å²) >= 11 is 0. The first kappa shape index (κ1) is 7.66. The van der Waals surface area contributed by atoms with E-state index in [4.69, 9.17) is 5.73 Å². The first-order chi connectivity index (χ1) is 5.20. The number of allylic oxidation sites excluding steroid dienone is 2. The number of nitrogens with one attached hydrogen (secondary N) is 1. The van der Waals surface area contributed by atoms with Gasteiger partial charge >= 0.3 is 0 Å². The van der Waals surface area contributed by atoms with Gasteiger partial charge in [-0.2, -0.15) is 0 Å². The van der Waals surface area contributed by atoms with Gasteiger partial charge in [-0.3, -0.25) is 0 Å². The van der Waals surface area contributed by atoms with Crippen LogP contribution in [0.1, 0.15) is 6.92 Å². The molecule has 0 radical (unpaired) electrons. The van der Waals surface area contributed by atoms with Crippen LogP contribution >= 0.6 is 0 Å². The molecule has 1 heterocycles. The van der Waals surface area contributed by atoms with Gasteiger partial charge in [-0.1, -0.05) is 12.7 Å². The van der Waals surface area contributed by atoms with Crippen LogP contribution in [0.25, 0.3) is 12.7 Å². The number of aromatic nitrogens is 1. The molecule has 0 saturated carbocycles. The van der Waals surface area contributed by atoms with E-state index in [9.17, 15) is 0 Å². The second-order valence-corrected chi connectivity index (χ2v) is 2.49. The maximum Gasteiger partial charge on any atom is 0.0380 e. The molecule has 0 spiro atoms. The molecule has 0 atom stereocenters. The second-order valence-electron chi connectivity index (χ2n) is 2.49. The largest absolute Gasteiger partial charge is 0.402 e. The maximum atomic E-state index is 5.46. The van der Waals surface area contributed by atoms with Crippen LogP contribution in [0.4, 0.5) is 0 Å². The number of aromatic amines is 1. The highest BCUT2D eigenvalue weighted by Crippen LogP contribution is 1.78. The minimum Gasteiger partial charge on any atom is -0.402 e. The van der Waals surface area contributed by atoms with Gasteiger partial charge in [-0.25, -0.2) is 0 Å². The zero-order valence-electron chi connectivity index (χ0n) is 6.59. The van der Waals surface area contributed by atoms with E-state index >= 15 is 0 Å². The highest BCUT2D eigenvalue weighted by atomic mass is 14.6. The third kappa shape index (κ3) is 2.00. The lowest BCUT2D eigenvalue weighted by Crippen LogP contribution is -2.19. The van der Waals surface area contributed by atoms with Gasteiger partial charge in [-0.05, 0) is 24.3 Å². The van der Waals surface area contributed by atoms with E-state index in [0.29, 0.717) is 0 Å². The molecule has 1 aromatic heterocycles. The third-order valence-corrected chi connectivity index (χ3v) is 1.39. The summed E-state index contributed by atoms with van der Waals surface area (Å²) in [7, 11) is 0. The monoisotopic (exact) mass is 148 g/mol. The van der Waals surface area contributed by atoms with E-state index in [2.05, 4.69) is 11.6 Å². The van der Waals surface area contributed by atoms with E-state index in [-0.39, 0.29) is 0 Å². The van der Waals surface area contributed by atoms with Gasteiger partial charge in [-0.15, -0.1) is 0 Å². The van der Waals surface area contributed by atoms with Crippen LogP contribution in [-0.4, -0.2) is 4.98 Å². The minimum absolute atomic E-state index is 0.797. The molecule has 0 aromatic carbocycles. The van der Waals surface area contributed by atoms with Crippen molar-refractivity contribution in [2.24, 2.45) is 5.73 Å². The molecule has 11 heavy (non-hydrogen) atoms. The molecule has 2 heteroatoms. The molecule has 0 fully saturated rings. The van der Waals surface area contributed by atoms with E-state index in [1.807, 2.05) is 31.3 Å². The Labute approximate surface area is 65.7 Å². The normalized spacial score (nSPS) is 13.9. The maximum absolute atomic E-state index is 5.46. The number of H-pyrrole nitrogens is 1. The van der Waals surface area contributed by atoms with E-state index in [0.717, 1.165) is 16.3 Å². The second kappa shape index (κ2) is 3.10. The average Bonchev–Trinajstić information content (AvgIpc) is 2.31. The minimum atomic E-state index is 0.797. The predicted octanol–water partition coefficient (Wildman–Crippen LogP) is 0.0680. The van der Waals surface area contributed by atoms with Crippen LogP contribution in [0, 0.1) is 0 Å². The van der Waals surface area contributed by atoms with E-state index in [1.165, 1.54) is 0 Å². The topological polar surface area (TPSA) is 41.8 Å². The molecule has 58 valence electrons. The van der Waals surface area contributed by atoms with Crippen molar-refractivity contribution < 1.29 is 0 Å². The van der Waals surface area contributed by atoms with Gasteiger partial charge < -0.3 is 10.7 Å². The molecule has 2 nitrogen and oxygen atoms in total. The first-order valence-corrected chi connectivity index (χ1v) is 3.46. The van der Waals surface area contributed by atoms with Crippen molar-refractivity contribution in [2.45, 2.75) is 6.92 Å². The van der Waals surface area contributed by atoms with Gasteiger partial charge in [0.1, 0.15) is 0 Å². The molecule has 0 aliphatic carbocycles. The Morgan fingerprint density at radius 1 is 1.73 bits per heavy atom. The fourth-order valence-corrected chi connectivity index (χ4v) is 0.793. The van der Waals surface area contributed by atoms with Crippen LogP contribution in [0.15, 0.2) is 24.0 Å². The summed E-state index contributed by atoms with van der Waals surface area (Å²) in [6, 6.07) is 1.96. The zero-order chi connectivity index (χ0) is 8.27. The van der Waals surface area contributed by atoms with Crippen molar-refractivity contribution in [3.05, 3.63) is 34.6 Å². The van der Waals surface area contributed by atoms with E-state index < -0.39 is 0 Å². The smallest absolute Gasteiger partial charge is 0.0380 e. The SMILES string of the molecule is C=c1[nH]cc/c1=C/C=C(\C)N. The Kier molecular flexibility index (Phi) is 2.16. The van der Waals surface area contributed by atoms with Crippen molar-refractivity contribution in [3.63, 3.8) is 0 Å². The molecular formula is C9H12N2. The Balaban J connectivity index is 3.11. The van der Waals surface area contributed by atoms with Gasteiger partial charge in [0.2, 0.25) is 0 Å². The highest BCUT2D eigenvalue weighted by Gasteiger charge is 1.79. The molecule has 1 aromatic rings. The van der Waals surface area contributed by atoms with Crippen molar-refractivity contribution in [2.75, 3.05) is 0 Å². The summed E-state index contributed by atoms with van der Waals surface area (Å²) < 4.78 is 0. The average molecular weight is 148 g/mol. The Morgan fingerprint density at radius 2 is 2.45 bits per heavy atom. The molecule has 0 saturated heterocycles. The zero-order valence-corrected chi connectivity index (χ0v) is 6.59. The highest BCUT2D eigenvalue weighted by molar-refractivity contribution is 5.38. The van der Waals surface area contributed by atoms with Crippen molar-refractivity contribution in [3.8, 4) is 0 Å². The molecule has 0 amide bonds. The molecule has 1 rings (SSSR count). The van der Waals surface area contributed by atoms with E-state index in [1.54, 1.807) is 0 Å². The summed E-state index contributed by atoms with van der Waals surface area (Å²) in [6.07, 6.45) is 5.65. The standard InChI is InChI=1S/C9H12N2/c1-7(10)3-4-9-5-6-11-8(9)2/h3-6,11H,2,10H2,1H3/b7-3+,9-4-. The van der Waals surface area contributed by atoms with Crippen LogP contribution < -0.4 is 16.3 Å². The van der Waals surface area contributed by atoms with Crippen LogP contribution in [0.5, 0.6) is 0 Å². The predicted molar refractivity (Wildman–Crippen MR) is 48.0 cm³/mol. The summed E-state index contributed by atoms with van der Waals surface area (Å²) in [5, 5.41) is 2.00. The number of nitrogens with two attached hydrogens (primary N) is 1. The third-order valence-electron chi connectivity index (χ3n) is 1.39. The first-order valence-electron chi connectivity index (χ1n) is 3.46. The number of hydrogen-bond donors (Lipinski definition) is 2. The Bertz CT molecular complexity index is 353. The van der Waals surface area contributed by atoms with Crippen molar-refractivity contribution in [1.29, 1.82) is 0 Å². The summed E-state index contributed by atoms with van der Waals surface area (Å²) in [5.41, 5.74) is 6.26. The lowest BCUT2D eigenvalue weighted by atomic mass is 10.3. The van der Waals surface area contributed by atoms with Crippen molar-refractivity contribution in [1.82, 2.24) is 4.98 Å².